The lowest BCUT2D eigenvalue weighted by Crippen LogP contribution is -1.97. The molecular formula is C9H14O2. The van der Waals surface area contributed by atoms with Gasteiger partial charge in [-0.15, -0.1) is 0 Å². The van der Waals surface area contributed by atoms with E-state index in [0.29, 0.717) is 12.5 Å². The number of hydrogen-bond acceptors (Lipinski definition) is 2. The van der Waals surface area contributed by atoms with Gasteiger partial charge < -0.3 is 9.84 Å². The van der Waals surface area contributed by atoms with Crippen molar-refractivity contribution in [3.8, 4) is 0 Å². The molecular weight excluding hydrogens is 140 g/mol. The molecule has 1 unspecified atom stereocenters. The van der Waals surface area contributed by atoms with E-state index in [1.54, 1.807) is 0 Å². The number of allylic oxidation sites excluding steroid dienone is 1. The Balaban J connectivity index is 2.57. The summed E-state index contributed by atoms with van der Waals surface area (Å²) in [6.07, 6.45) is 5.96. The fourth-order valence-electron chi connectivity index (χ4n) is 1.26. The maximum atomic E-state index is 8.66. The van der Waals surface area contributed by atoms with Crippen LogP contribution in [-0.4, -0.2) is 24.9 Å². The van der Waals surface area contributed by atoms with Crippen LogP contribution in [0.1, 0.15) is 6.92 Å². The van der Waals surface area contributed by atoms with Gasteiger partial charge in [0, 0.05) is 5.92 Å². The quantitative estimate of drug-likeness (QED) is 0.604. The summed E-state index contributed by atoms with van der Waals surface area (Å²) < 4.78 is 5.24. The number of hydrogen-bond donors (Lipinski definition) is 1. The molecule has 0 amide bonds. The molecule has 2 nitrogen and oxygen atoms in total. The molecule has 0 saturated carbocycles. The van der Waals surface area contributed by atoms with Crippen molar-refractivity contribution < 1.29 is 9.84 Å². The number of aliphatic hydroxyl groups is 1. The largest absolute Gasteiger partial charge is 0.392 e. The van der Waals surface area contributed by atoms with E-state index in [0.717, 1.165) is 6.61 Å². The van der Waals surface area contributed by atoms with E-state index in [9.17, 15) is 0 Å². The zero-order valence-electron chi connectivity index (χ0n) is 6.79. The first kappa shape index (κ1) is 8.50. The van der Waals surface area contributed by atoms with Gasteiger partial charge in [-0.25, -0.2) is 0 Å². The van der Waals surface area contributed by atoms with Crippen molar-refractivity contribution in [2.75, 3.05) is 19.8 Å². The van der Waals surface area contributed by atoms with Gasteiger partial charge in [0.15, 0.2) is 0 Å². The van der Waals surface area contributed by atoms with Gasteiger partial charge in [0.25, 0.3) is 0 Å². The summed E-state index contributed by atoms with van der Waals surface area (Å²) in [5.74, 6) is 0.396. The van der Waals surface area contributed by atoms with Crippen LogP contribution in [0.5, 0.6) is 0 Å². The zero-order chi connectivity index (χ0) is 8.10. The second-order valence-corrected chi connectivity index (χ2v) is 2.61. The Labute approximate surface area is 67.2 Å². The Kier molecular flexibility index (Phi) is 3.33. The molecule has 2 heteroatoms. The normalized spacial score (nSPS) is 28.9. The van der Waals surface area contributed by atoms with Gasteiger partial charge in [0.05, 0.1) is 19.8 Å². The van der Waals surface area contributed by atoms with Crippen LogP contribution in [0.3, 0.4) is 0 Å². The van der Waals surface area contributed by atoms with E-state index in [1.165, 1.54) is 5.57 Å². The molecule has 62 valence electrons. The molecule has 1 atom stereocenters. The third kappa shape index (κ3) is 2.17. The lowest BCUT2D eigenvalue weighted by atomic mass is 10.0. The van der Waals surface area contributed by atoms with E-state index < -0.39 is 0 Å². The molecule has 0 aromatic rings. The lowest BCUT2D eigenvalue weighted by molar-refractivity contribution is 0.195. The van der Waals surface area contributed by atoms with E-state index in [1.807, 2.05) is 19.1 Å². The third-order valence-electron chi connectivity index (χ3n) is 1.82. The standard InChI is InChI=1S/C9H14O2/c1-2-3-8-6-11-7-9(8)4-5-10/h2-4,8,10H,5-7H2,1H3/b3-2+,9-4+. The fourth-order valence-corrected chi connectivity index (χ4v) is 1.26. The average molecular weight is 154 g/mol. The molecule has 1 N–H and O–H groups in total. The first-order valence-electron chi connectivity index (χ1n) is 3.88. The van der Waals surface area contributed by atoms with E-state index in [2.05, 4.69) is 6.08 Å². The second-order valence-electron chi connectivity index (χ2n) is 2.61. The molecule has 1 saturated heterocycles. The van der Waals surface area contributed by atoms with Crippen LogP contribution >= 0.6 is 0 Å². The Morgan fingerprint density at radius 1 is 1.73 bits per heavy atom. The monoisotopic (exact) mass is 154 g/mol. The molecule has 1 fully saturated rings. The average Bonchev–Trinajstić information content (AvgIpc) is 2.39. The molecule has 1 aliphatic rings. The Morgan fingerprint density at radius 3 is 3.18 bits per heavy atom. The van der Waals surface area contributed by atoms with Gasteiger partial charge >= 0.3 is 0 Å². The zero-order valence-corrected chi connectivity index (χ0v) is 6.79. The van der Waals surface area contributed by atoms with Crippen molar-refractivity contribution >= 4 is 0 Å². The molecule has 0 aliphatic carbocycles. The number of aliphatic hydroxyl groups excluding tert-OH is 1. The molecule has 0 aromatic heterocycles. The van der Waals surface area contributed by atoms with Crippen LogP contribution in [0.2, 0.25) is 0 Å². The highest BCUT2D eigenvalue weighted by Gasteiger charge is 2.17. The van der Waals surface area contributed by atoms with Crippen LogP contribution in [0.4, 0.5) is 0 Å². The van der Waals surface area contributed by atoms with Crippen LogP contribution in [0.15, 0.2) is 23.8 Å². The van der Waals surface area contributed by atoms with Gasteiger partial charge in [0.2, 0.25) is 0 Å². The Hall–Kier alpha value is -0.600. The topological polar surface area (TPSA) is 29.5 Å². The highest BCUT2D eigenvalue weighted by molar-refractivity contribution is 5.17. The highest BCUT2D eigenvalue weighted by atomic mass is 16.5. The summed E-state index contributed by atoms with van der Waals surface area (Å²) in [5.41, 5.74) is 1.20. The summed E-state index contributed by atoms with van der Waals surface area (Å²) in [4.78, 5) is 0. The summed E-state index contributed by atoms with van der Waals surface area (Å²) in [5, 5.41) is 8.66. The van der Waals surface area contributed by atoms with Crippen molar-refractivity contribution in [3.63, 3.8) is 0 Å². The SMILES string of the molecule is C/C=C/C1COC/C1=C\CO. The molecule has 1 aliphatic heterocycles. The summed E-state index contributed by atoms with van der Waals surface area (Å²) in [6.45, 7) is 3.55. The molecule has 0 spiro atoms. The van der Waals surface area contributed by atoms with Crippen molar-refractivity contribution in [2.45, 2.75) is 6.92 Å². The maximum Gasteiger partial charge on any atom is 0.0684 e. The molecule has 1 heterocycles. The van der Waals surface area contributed by atoms with Gasteiger partial charge in [-0.05, 0) is 12.5 Å². The highest BCUT2D eigenvalue weighted by Crippen LogP contribution is 2.20. The van der Waals surface area contributed by atoms with Gasteiger partial charge in [-0.2, -0.15) is 0 Å². The first-order chi connectivity index (χ1) is 5.38. The minimum atomic E-state index is 0.118. The van der Waals surface area contributed by atoms with Crippen LogP contribution < -0.4 is 0 Å². The lowest BCUT2D eigenvalue weighted by Gasteiger charge is -2.01. The number of ether oxygens (including phenoxy) is 1. The first-order valence-corrected chi connectivity index (χ1v) is 3.88. The minimum Gasteiger partial charge on any atom is -0.392 e. The van der Waals surface area contributed by atoms with Crippen molar-refractivity contribution in [1.82, 2.24) is 0 Å². The Morgan fingerprint density at radius 2 is 2.55 bits per heavy atom. The van der Waals surface area contributed by atoms with Crippen LogP contribution in [0, 0.1) is 5.92 Å². The fraction of sp³-hybridized carbons (Fsp3) is 0.556. The molecule has 1 rings (SSSR count). The smallest absolute Gasteiger partial charge is 0.0684 e. The van der Waals surface area contributed by atoms with Crippen LogP contribution in [-0.2, 0) is 4.74 Å². The van der Waals surface area contributed by atoms with E-state index in [-0.39, 0.29) is 6.61 Å². The van der Waals surface area contributed by atoms with Crippen molar-refractivity contribution in [1.29, 1.82) is 0 Å². The second kappa shape index (κ2) is 4.31. The predicted octanol–water partition coefficient (Wildman–Crippen LogP) is 1.13. The molecule has 0 bridgehead atoms. The van der Waals surface area contributed by atoms with Crippen molar-refractivity contribution in [3.05, 3.63) is 23.8 Å². The third-order valence-corrected chi connectivity index (χ3v) is 1.82. The summed E-state index contributed by atoms with van der Waals surface area (Å²) in [6, 6.07) is 0. The summed E-state index contributed by atoms with van der Waals surface area (Å²) >= 11 is 0. The van der Waals surface area contributed by atoms with Crippen LogP contribution in [0.25, 0.3) is 0 Å². The van der Waals surface area contributed by atoms with E-state index >= 15 is 0 Å². The molecule has 11 heavy (non-hydrogen) atoms. The molecule has 0 aromatic carbocycles. The van der Waals surface area contributed by atoms with Gasteiger partial charge in [-0.3, -0.25) is 0 Å². The van der Waals surface area contributed by atoms with Gasteiger partial charge in [-0.1, -0.05) is 18.2 Å². The Bertz CT molecular complexity index is 170. The van der Waals surface area contributed by atoms with Gasteiger partial charge in [0.1, 0.15) is 0 Å². The minimum absolute atomic E-state index is 0.118. The predicted molar refractivity (Wildman–Crippen MR) is 44.3 cm³/mol. The molecule has 0 radical (unpaired) electrons. The van der Waals surface area contributed by atoms with E-state index in [4.69, 9.17) is 9.84 Å². The maximum absolute atomic E-state index is 8.66. The summed E-state index contributed by atoms with van der Waals surface area (Å²) in [7, 11) is 0. The van der Waals surface area contributed by atoms with Crippen molar-refractivity contribution in [2.24, 2.45) is 5.92 Å². The number of rotatable bonds is 2.